The Labute approximate surface area is 161 Å². The Morgan fingerprint density at radius 1 is 1.18 bits per heavy atom. The van der Waals surface area contributed by atoms with Crippen LogP contribution in [0, 0.1) is 5.82 Å². The van der Waals surface area contributed by atoms with Crippen LogP contribution in [0.25, 0.3) is 0 Å². The highest BCUT2D eigenvalue weighted by molar-refractivity contribution is 5.97. The summed E-state index contributed by atoms with van der Waals surface area (Å²) in [5.41, 5.74) is -1.64. The molecule has 2 rings (SSSR count). The summed E-state index contributed by atoms with van der Waals surface area (Å²) in [4.78, 5) is 26.1. The van der Waals surface area contributed by atoms with Gasteiger partial charge in [-0.2, -0.15) is 13.2 Å². The first-order valence-corrected chi connectivity index (χ1v) is 9.60. The molecule has 0 radical (unpaired) electrons. The largest absolute Gasteiger partial charge is 0.464 e. The first-order chi connectivity index (χ1) is 13.3. The van der Waals surface area contributed by atoms with Gasteiger partial charge in [0.2, 0.25) is 0 Å². The standard InChI is InChI=1S/C20H25F4NO3/c1-2-3-4-5-6-12-28-19(27)17-8-7-11-25(17)18(26)14-9-10-15(16(21)13-14)20(22,23)24/h9-10,13,17H,2-8,11-12H2,1H3. The van der Waals surface area contributed by atoms with Crippen LogP contribution in [0.2, 0.25) is 0 Å². The zero-order valence-electron chi connectivity index (χ0n) is 15.9. The zero-order chi connectivity index (χ0) is 20.7. The first kappa shape index (κ1) is 22.2. The maximum absolute atomic E-state index is 13.8. The van der Waals surface area contributed by atoms with Crippen LogP contribution in [0.4, 0.5) is 17.6 Å². The van der Waals surface area contributed by atoms with Gasteiger partial charge >= 0.3 is 12.1 Å². The molecule has 8 heteroatoms. The molecule has 0 N–H and O–H groups in total. The fourth-order valence-corrected chi connectivity index (χ4v) is 3.27. The van der Waals surface area contributed by atoms with Gasteiger partial charge in [0.25, 0.3) is 5.91 Å². The van der Waals surface area contributed by atoms with Gasteiger partial charge in [-0.05, 0) is 37.5 Å². The number of hydrogen-bond donors (Lipinski definition) is 0. The lowest BCUT2D eigenvalue weighted by atomic mass is 10.1. The highest BCUT2D eigenvalue weighted by Gasteiger charge is 2.37. The van der Waals surface area contributed by atoms with Gasteiger partial charge in [-0.3, -0.25) is 4.79 Å². The predicted molar refractivity (Wildman–Crippen MR) is 95.2 cm³/mol. The highest BCUT2D eigenvalue weighted by Crippen LogP contribution is 2.32. The van der Waals surface area contributed by atoms with Crippen molar-refractivity contribution >= 4 is 11.9 Å². The summed E-state index contributed by atoms with van der Waals surface area (Å²) >= 11 is 0. The van der Waals surface area contributed by atoms with Crippen LogP contribution in [-0.2, 0) is 15.7 Å². The number of halogens is 4. The number of ether oxygens (including phenoxy) is 1. The fraction of sp³-hybridized carbons (Fsp3) is 0.600. The van der Waals surface area contributed by atoms with Crippen molar-refractivity contribution in [3.8, 4) is 0 Å². The van der Waals surface area contributed by atoms with E-state index in [1.807, 2.05) is 0 Å². The minimum Gasteiger partial charge on any atom is -0.464 e. The molecule has 0 aliphatic carbocycles. The van der Waals surface area contributed by atoms with E-state index < -0.39 is 35.5 Å². The van der Waals surface area contributed by atoms with E-state index in [-0.39, 0.29) is 18.7 Å². The summed E-state index contributed by atoms with van der Waals surface area (Å²) in [7, 11) is 0. The predicted octanol–water partition coefficient (Wildman–Crippen LogP) is 4.96. The minimum atomic E-state index is -4.83. The van der Waals surface area contributed by atoms with Crippen molar-refractivity contribution in [3.05, 3.63) is 35.1 Å². The van der Waals surface area contributed by atoms with E-state index in [1.54, 1.807) is 0 Å². The number of nitrogens with zero attached hydrogens (tertiary/aromatic N) is 1. The number of carbonyl (C=O) groups excluding carboxylic acids is 2. The van der Waals surface area contributed by atoms with E-state index in [4.69, 9.17) is 4.74 Å². The van der Waals surface area contributed by atoms with Gasteiger partial charge in [-0.25, -0.2) is 9.18 Å². The molecule has 0 bridgehead atoms. The Bertz CT molecular complexity index is 691. The summed E-state index contributed by atoms with van der Waals surface area (Å²) in [5.74, 6) is -2.70. The molecule has 28 heavy (non-hydrogen) atoms. The fourth-order valence-electron chi connectivity index (χ4n) is 3.27. The Kier molecular flexibility index (Phi) is 7.83. The molecule has 4 nitrogen and oxygen atoms in total. The van der Waals surface area contributed by atoms with E-state index in [1.165, 1.54) is 4.90 Å². The summed E-state index contributed by atoms with van der Waals surface area (Å²) in [6, 6.07) is 1.26. The third-order valence-corrected chi connectivity index (χ3v) is 4.80. The SMILES string of the molecule is CCCCCCCOC(=O)C1CCCN1C(=O)c1ccc(C(F)(F)F)c(F)c1. The summed E-state index contributed by atoms with van der Waals surface area (Å²) in [5, 5.41) is 0. The van der Waals surface area contributed by atoms with Crippen LogP contribution in [0.3, 0.4) is 0 Å². The van der Waals surface area contributed by atoms with Crippen molar-refractivity contribution < 1.29 is 31.9 Å². The molecule has 1 aromatic carbocycles. The molecule has 1 heterocycles. The third-order valence-electron chi connectivity index (χ3n) is 4.80. The molecule has 0 spiro atoms. The number of esters is 1. The maximum Gasteiger partial charge on any atom is 0.419 e. The summed E-state index contributed by atoms with van der Waals surface area (Å²) < 4.78 is 57.0. The van der Waals surface area contributed by atoms with E-state index in [2.05, 4.69) is 6.92 Å². The van der Waals surface area contributed by atoms with Crippen molar-refractivity contribution in [3.63, 3.8) is 0 Å². The lowest BCUT2D eigenvalue weighted by Crippen LogP contribution is -2.41. The van der Waals surface area contributed by atoms with Crippen molar-refractivity contribution in [2.24, 2.45) is 0 Å². The highest BCUT2D eigenvalue weighted by atomic mass is 19.4. The topological polar surface area (TPSA) is 46.6 Å². The summed E-state index contributed by atoms with van der Waals surface area (Å²) in [6.45, 7) is 2.65. The second-order valence-corrected chi connectivity index (χ2v) is 6.93. The molecule has 1 amide bonds. The molecular weight excluding hydrogens is 378 g/mol. The number of benzene rings is 1. The van der Waals surface area contributed by atoms with E-state index >= 15 is 0 Å². The van der Waals surface area contributed by atoms with E-state index in [0.717, 1.165) is 38.2 Å². The normalized spacial score (nSPS) is 17.0. The van der Waals surface area contributed by atoms with Crippen molar-refractivity contribution in [2.75, 3.05) is 13.2 Å². The van der Waals surface area contributed by atoms with E-state index in [0.29, 0.717) is 25.0 Å². The molecule has 156 valence electrons. The quantitative estimate of drug-likeness (QED) is 0.350. The summed E-state index contributed by atoms with van der Waals surface area (Å²) in [6.07, 6.45) is 1.18. The first-order valence-electron chi connectivity index (χ1n) is 9.60. The second-order valence-electron chi connectivity index (χ2n) is 6.93. The van der Waals surface area contributed by atoms with Crippen LogP contribution in [0.1, 0.15) is 67.8 Å². The smallest absolute Gasteiger partial charge is 0.419 e. The maximum atomic E-state index is 13.8. The molecular formula is C20H25F4NO3. The molecule has 1 aromatic rings. The van der Waals surface area contributed by atoms with Gasteiger partial charge in [0.1, 0.15) is 11.9 Å². The van der Waals surface area contributed by atoms with Gasteiger partial charge in [0, 0.05) is 12.1 Å². The van der Waals surface area contributed by atoms with Crippen LogP contribution in [0.15, 0.2) is 18.2 Å². The van der Waals surface area contributed by atoms with Gasteiger partial charge in [-0.15, -0.1) is 0 Å². The Morgan fingerprint density at radius 3 is 2.54 bits per heavy atom. The molecule has 1 aliphatic rings. The van der Waals surface area contributed by atoms with Crippen molar-refractivity contribution in [1.82, 2.24) is 4.90 Å². The average molecular weight is 403 g/mol. The monoisotopic (exact) mass is 403 g/mol. The van der Waals surface area contributed by atoms with E-state index in [9.17, 15) is 27.2 Å². The molecule has 0 aromatic heterocycles. The molecule has 1 atom stereocenters. The van der Waals surface area contributed by atoms with Crippen LogP contribution in [-0.4, -0.2) is 36.0 Å². The molecule has 1 saturated heterocycles. The number of carbonyl (C=O) groups is 2. The van der Waals surface area contributed by atoms with Gasteiger partial charge in [0.15, 0.2) is 0 Å². The van der Waals surface area contributed by atoms with Gasteiger partial charge in [-0.1, -0.05) is 32.6 Å². The number of amides is 1. The Morgan fingerprint density at radius 2 is 1.89 bits per heavy atom. The van der Waals surface area contributed by atoms with Gasteiger partial charge < -0.3 is 9.64 Å². The molecule has 1 fully saturated rings. The number of likely N-dealkylation sites (tertiary alicyclic amines) is 1. The van der Waals surface area contributed by atoms with Crippen LogP contribution < -0.4 is 0 Å². The molecule has 1 aliphatic heterocycles. The number of rotatable bonds is 8. The lowest BCUT2D eigenvalue weighted by molar-refractivity contribution is -0.148. The third kappa shape index (κ3) is 5.69. The zero-order valence-corrected chi connectivity index (χ0v) is 15.9. The molecule has 0 saturated carbocycles. The average Bonchev–Trinajstić information content (AvgIpc) is 3.12. The number of hydrogen-bond acceptors (Lipinski definition) is 3. The van der Waals surface area contributed by atoms with Crippen LogP contribution >= 0.6 is 0 Å². The minimum absolute atomic E-state index is 0.218. The van der Waals surface area contributed by atoms with Crippen molar-refractivity contribution in [1.29, 1.82) is 0 Å². The number of alkyl halides is 3. The lowest BCUT2D eigenvalue weighted by Gasteiger charge is -2.23. The van der Waals surface area contributed by atoms with Crippen LogP contribution in [0.5, 0.6) is 0 Å². The Hall–Kier alpha value is -2.12. The number of unbranched alkanes of at least 4 members (excludes halogenated alkanes) is 4. The van der Waals surface area contributed by atoms with Crippen molar-refractivity contribution in [2.45, 2.75) is 64.1 Å². The second kappa shape index (κ2) is 9.89. The molecule has 1 unspecified atom stereocenters. The van der Waals surface area contributed by atoms with Gasteiger partial charge in [0.05, 0.1) is 12.2 Å². The Balaban J connectivity index is 1.97.